The lowest BCUT2D eigenvalue weighted by atomic mass is 10.3. The quantitative estimate of drug-likeness (QED) is 0.358. The summed E-state index contributed by atoms with van der Waals surface area (Å²) in [6.07, 6.45) is 0.837. The van der Waals surface area contributed by atoms with Crippen LogP contribution in [-0.2, 0) is 19.9 Å². The molecular weight excluding hydrogens is 273 g/mol. The van der Waals surface area contributed by atoms with Crippen molar-refractivity contribution in [1.82, 2.24) is 0 Å². The molecule has 1 rings (SSSR count). The minimum Gasteiger partial charge on any atom is -0.224 e. The molecule has 0 fully saturated rings. The summed E-state index contributed by atoms with van der Waals surface area (Å²) in [5.74, 6) is -1.19. The Labute approximate surface area is 96.5 Å². The van der Waals surface area contributed by atoms with Gasteiger partial charge in [0.2, 0.25) is 0 Å². The van der Waals surface area contributed by atoms with Crippen LogP contribution in [0.2, 0.25) is 0 Å². The number of sulfonamides is 1. The standard InChI is InChI=1S/C7H6FN3O4S2/c1-16(12,13)5-2-3-6(8)7(4-5)17(14,15)11-10-9/h2-4H,1H3. The van der Waals surface area contributed by atoms with Crippen LogP contribution >= 0.6 is 0 Å². The van der Waals surface area contributed by atoms with Gasteiger partial charge in [-0.1, -0.05) is 0 Å². The van der Waals surface area contributed by atoms with Gasteiger partial charge in [0.1, 0.15) is 10.7 Å². The maximum atomic E-state index is 13.2. The number of nitrogens with zero attached hydrogens (tertiary/aromatic N) is 3. The molecule has 0 heterocycles. The summed E-state index contributed by atoms with van der Waals surface area (Å²) in [7, 11) is -8.24. The third-order valence-corrected chi connectivity index (χ3v) is 4.02. The number of rotatable bonds is 3. The minimum atomic E-state index is -4.55. The van der Waals surface area contributed by atoms with Crippen molar-refractivity contribution in [1.29, 1.82) is 0 Å². The lowest BCUT2D eigenvalue weighted by molar-refractivity contribution is 0.565. The molecule has 1 aromatic carbocycles. The molecule has 0 aliphatic rings. The molecule has 0 spiro atoms. The SMILES string of the molecule is CS(=O)(=O)c1ccc(F)c(S(=O)(=O)N=[N+]=[N-])c1. The van der Waals surface area contributed by atoms with E-state index < -0.39 is 30.6 Å². The number of sulfone groups is 1. The van der Waals surface area contributed by atoms with Crippen LogP contribution in [0.1, 0.15) is 0 Å². The van der Waals surface area contributed by atoms with E-state index in [4.69, 9.17) is 5.53 Å². The zero-order chi connectivity index (χ0) is 13.3. The Morgan fingerprint density at radius 2 is 1.88 bits per heavy atom. The van der Waals surface area contributed by atoms with Crippen molar-refractivity contribution in [2.75, 3.05) is 6.26 Å². The summed E-state index contributed by atoms with van der Waals surface area (Å²) in [5, 5.41) is 0. The normalized spacial score (nSPS) is 11.9. The van der Waals surface area contributed by atoms with Gasteiger partial charge in [0.05, 0.1) is 4.90 Å². The molecule has 0 saturated heterocycles. The fourth-order valence-corrected chi connectivity index (χ4v) is 2.50. The predicted octanol–water partition coefficient (Wildman–Crippen LogP) is 1.23. The molecule has 10 heteroatoms. The third-order valence-electron chi connectivity index (χ3n) is 1.75. The van der Waals surface area contributed by atoms with E-state index in [1.165, 1.54) is 0 Å². The summed E-state index contributed by atoms with van der Waals surface area (Å²) in [6.45, 7) is 0. The maximum absolute atomic E-state index is 13.2. The highest BCUT2D eigenvalue weighted by molar-refractivity contribution is 7.91. The second kappa shape index (κ2) is 4.32. The molecule has 0 amide bonds. The fraction of sp³-hybridized carbons (Fsp3) is 0.143. The van der Waals surface area contributed by atoms with Crippen LogP contribution in [0.15, 0.2) is 32.5 Å². The second-order valence-electron chi connectivity index (χ2n) is 3.01. The van der Waals surface area contributed by atoms with Gasteiger partial charge in [-0.05, 0) is 23.7 Å². The first-order valence-electron chi connectivity index (χ1n) is 3.99. The molecular formula is C7H6FN3O4S2. The Morgan fingerprint density at radius 1 is 1.29 bits per heavy atom. The molecule has 92 valence electrons. The number of hydrogen-bond donors (Lipinski definition) is 0. The van der Waals surface area contributed by atoms with E-state index in [-0.39, 0.29) is 4.90 Å². The van der Waals surface area contributed by atoms with Gasteiger partial charge in [-0.3, -0.25) is 0 Å². The smallest absolute Gasteiger partial charge is 0.224 e. The second-order valence-corrected chi connectivity index (χ2v) is 6.58. The highest BCUT2D eigenvalue weighted by Gasteiger charge is 2.20. The van der Waals surface area contributed by atoms with Crippen LogP contribution in [-0.4, -0.2) is 23.1 Å². The van der Waals surface area contributed by atoms with Crippen LogP contribution in [0.4, 0.5) is 4.39 Å². The summed E-state index contributed by atoms with van der Waals surface area (Å²) in [5.41, 5.74) is 8.02. The molecule has 0 unspecified atom stereocenters. The topological polar surface area (TPSA) is 117 Å². The van der Waals surface area contributed by atoms with E-state index in [0.29, 0.717) is 12.1 Å². The number of halogens is 1. The third kappa shape index (κ3) is 2.93. The maximum Gasteiger partial charge on any atom is 0.267 e. The largest absolute Gasteiger partial charge is 0.267 e. The predicted molar refractivity (Wildman–Crippen MR) is 55.8 cm³/mol. The Morgan fingerprint density at radius 3 is 2.35 bits per heavy atom. The van der Waals surface area contributed by atoms with Crippen LogP contribution in [0.25, 0.3) is 10.4 Å². The molecule has 0 atom stereocenters. The Kier molecular flexibility index (Phi) is 3.41. The zero-order valence-corrected chi connectivity index (χ0v) is 10.0. The van der Waals surface area contributed by atoms with Crippen LogP contribution in [0.3, 0.4) is 0 Å². The van der Waals surface area contributed by atoms with Gasteiger partial charge in [-0.25, -0.2) is 21.2 Å². The van der Waals surface area contributed by atoms with Gasteiger partial charge < -0.3 is 0 Å². The van der Waals surface area contributed by atoms with Gasteiger partial charge in [0.15, 0.2) is 9.84 Å². The summed E-state index contributed by atoms with van der Waals surface area (Å²) in [4.78, 5) is 0.680. The first kappa shape index (κ1) is 13.4. The van der Waals surface area contributed by atoms with Crippen molar-refractivity contribution in [3.8, 4) is 0 Å². The highest BCUT2D eigenvalue weighted by Crippen LogP contribution is 2.21. The Bertz CT molecular complexity index is 705. The first-order valence-corrected chi connectivity index (χ1v) is 7.32. The number of azide groups is 1. The highest BCUT2D eigenvalue weighted by atomic mass is 32.2. The van der Waals surface area contributed by atoms with Gasteiger partial charge in [-0.2, -0.15) is 0 Å². The van der Waals surface area contributed by atoms with Crippen molar-refractivity contribution in [3.63, 3.8) is 0 Å². The van der Waals surface area contributed by atoms with E-state index in [2.05, 4.69) is 4.52 Å². The van der Waals surface area contributed by atoms with Crippen LogP contribution < -0.4 is 0 Å². The lowest BCUT2D eigenvalue weighted by Crippen LogP contribution is -2.03. The lowest BCUT2D eigenvalue weighted by Gasteiger charge is -2.02. The molecule has 0 bridgehead atoms. The van der Waals surface area contributed by atoms with Crippen molar-refractivity contribution in [3.05, 3.63) is 34.5 Å². The molecule has 17 heavy (non-hydrogen) atoms. The summed E-state index contributed by atoms with van der Waals surface area (Å²) < 4.78 is 60.5. The minimum absolute atomic E-state index is 0.384. The van der Waals surface area contributed by atoms with Crippen LogP contribution in [0, 0.1) is 5.82 Å². The Balaban J connectivity index is 3.62. The van der Waals surface area contributed by atoms with E-state index in [1.54, 1.807) is 0 Å². The van der Waals surface area contributed by atoms with Crippen molar-refractivity contribution in [2.24, 2.45) is 4.52 Å². The van der Waals surface area contributed by atoms with Gasteiger partial charge in [0, 0.05) is 15.7 Å². The number of benzene rings is 1. The molecule has 7 nitrogen and oxygen atoms in total. The van der Waals surface area contributed by atoms with Crippen molar-refractivity contribution in [2.45, 2.75) is 9.79 Å². The molecule has 0 aliphatic carbocycles. The summed E-state index contributed by atoms with van der Waals surface area (Å²) in [6, 6.07) is 2.20. The van der Waals surface area contributed by atoms with Gasteiger partial charge in [0.25, 0.3) is 10.0 Å². The zero-order valence-electron chi connectivity index (χ0n) is 8.40. The Hall–Kier alpha value is -1.64. The molecule has 0 aliphatic heterocycles. The van der Waals surface area contributed by atoms with E-state index in [9.17, 15) is 21.2 Å². The average molecular weight is 279 g/mol. The van der Waals surface area contributed by atoms with E-state index >= 15 is 0 Å². The van der Waals surface area contributed by atoms with Crippen LogP contribution in [0.5, 0.6) is 0 Å². The molecule has 1 aromatic rings. The average Bonchev–Trinajstić information content (AvgIpc) is 2.15. The van der Waals surface area contributed by atoms with E-state index in [1.807, 2.05) is 4.91 Å². The monoisotopic (exact) mass is 279 g/mol. The number of hydrogen-bond acceptors (Lipinski definition) is 4. The van der Waals surface area contributed by atoms with Crippen molar-refractivity contribution < 1.29 is 21.2 Å². The van der Waals surface area contributed by atoms with Crippen molar-refractivity contribution >= 4 is 19.9 Å². The van der Waals surface area contributed by atoms with Gasteiger partial charge in [-0.15, -0.1) is 0 Å². The van der Waals surface area contributed by atoms with E-state index in [0.717, 1.165) is 12.3 Å². The molecule has 0 saturated carbocycles. The summed E-state index contributed by atoms with van der Waals surface area (Å²) >= 11 is 0. The molecule has 0 radical (unpaired) electrons. The fourth-order valence-electron chi connectivity index (χ4n) is 1.00. The molecule has 0 N–H and O–H groups in total. The van der Waals surface area contributed by atoms with Gasteiger partial charge >= 0.3 is 0 Å². The molecule has 0 aromatic heterocycles. The first-order chi connectivity index (χ1) is 7.68.